The van der Waals surface area contributed by atoms with Crippen LogP contribution in [0.15, 0.2) is 18.3 Å². The van der Waals surface area contributed by atoms with E-state index in [0.717, 1.165) is 12.5 Å². The third kappa shape index (κ3) is 2.93. The van der Waals surface area contributed by atoms with Gasteiger partial charge >= 0.3 is 0 Å². The van der Waals surface area contributed by atoms with E-state index in [1.807, 2.05) is 12.1 Å². The van der Waals surface area contributed by atoms with Gasteiger partial charge in [0.1, 0.15) is 0 Å². The van der Waals surface area contributed by atoms with E-state index >= 15 is 0 Å². The van der Waals surface area contributed by atoms with Crippen molar-refractivity contribution in [3.8, 4) is 5.88 Å². The molecule has 0 amide bonds. The molecule has 3 nitrogen and oxygen atoms in total. The molecule has 1 aliphatic carbocycles. The fourth-order valence-electron chi connectivity index (χ4n) is 1.71. The van der Waals surface area contributed by atoms with Gasteiger partial charge in [0.25, 0.3) is 0 Å². The molecule has 1 aliphatic rings. The second-order valence-corrected chi connectivity index (χ2v) is 4.21. The molecule has 1 atom stereocenters. The summed E-state index contributed by atoms with van der Waals surface area (Å²) in [5.74, 6) is 1.59. The van der Waals surface area contributed by atoms with E-state index in [4.69, 9.17) is 4.74 Å². The van der Waals surface area contributed by atoms with Crippen LogP contribution in [0.3, 0.4) is 0 Å². The van der Waals surface area contributed by atoms with Crippen molar-refractivity contribution in [3.05, 3.63) is 23.9 Å². The Hall–Kier alpha value is -1.09. The minimum Gasteiger partial charge on any atom is -0.481 e. The molecule has 1 N–H and O–H groups in total. The summed E-state index contributed by atoms with van der Waals surface area (Å²) in [4.78, 5) is 4.08. The van der Waals surface area contributed by atoms with Gasteiger partial charge in [0.15, 0.2) is 0 Å². The monoisotopic (exact) mass is 206 g/mol. The van der Waals surface area contributed by atoms with Crippen LogP contribution in [0.5, 0.6) is 5.88 Å². The average Bonchev–Trinajstić information content (AvgIpc) is 3.10. The van der Waals surface area contributed by atoms with Crippen molar-refractivity contribution in [2.24, 2.45) is 5.92 Å². The van der Waals surface area contributed by atoms with Crippen LogP contribution in [0, 0.1) is 5.92 Å². The summed E-state index contributed by atoms with van der Waals surface area (Å²) in [6.07, 6.45) is 4.55. The zero-order chi connectivity index (χ0) is 10.7. The second kappa shape index (κ2) is 4.62. The van der Waals surface area contributed by atoms with Gasteiger partial charge in [-0.05, 0) is 37.3 Å². The number of aromatic nitrogens is 1. The summed E-state index contributed by atoms with van der Waals surface area (Å²) >= 11 is 0. The maximum atomic E-state index is 5.08. The number of nitrogens with one attached hydrogen (secondary N) is 1. The molecule has 0 saturated heterocycles. The Balaban J connectivity index is 1.86. The highest BCUT2D eigenvalue weighted by Crippen LogP contribution is 2.32. The minimum absolute atomic E-state index is 0.629. The van der Waals surface area contributed by atoms with Crippen molar-refractivity contribution in [2.75, 3.05) is 7.11 Å². The van der Waals surface area contributed by atoms with Crippen LogP contribution in [0.1, 0.15) is 25.3 Å². The average molecular weight is 206 g/mol. The van der Waals surface area contributed by atoms with E-state index in [1.54, 1.807) is 13.3 Å². The number of hydrogen-bond donors (Lipinski definition) is 1. The van der Waals surface area contributed by atoms with Gasteiger partial charge in [-0.25, -0.2) is 4.98 Å². The SMILES string of the molecule is COc1cc(CNC(C)C2CC2)ccn1. The van der Waals surface area contributed by atoms with Crippen molar-refractivity contribution in [3.63, 3.8) is 0 Å². The summed E-state index contributed by atoms with van der Waals surface area (Å²) in [5, 5.41) is 3.53. The molecule has 1 unspecified atom stereocenters. The largest absolute Gasteiger partial charge is 0.481 e. The molecule has 0 radical (unpaired) electrons. The van der Waals surface area contributed by atoms with Crippen LogP contribution in [0.2, 0.25) is 0 Å². The van der Waals surface area contributed by atoms with E-state index in [9.17, 15) is 0 Å². The van der Waals surface area contributed by atoms with Gasteiger partial charge in [-0.3, -0.25) is 0 Å². The molecule has 1 saturated carbocycles. The molecule has 82 valence electrons. The standard InChI is InChI=1S/C12H18N2O/c1-9(11-3-4-11)14-8-10-5-6-13-12(7-10)15-2/h5-7,9,11,14H,3-4,8H2,1-2H3. The first-order valence-corrected chi connectivity index (χ1v) is 5.52. The number of nitrogens with zero attached hydrogens (tertiary/aromatic N) is 1. The second-order valence-electron chi connectivity index (χ2n) is 4.21. The maximum Gasteiger partial charge on any atom is 0.213 e. The molecular formula is C12H18N2O. The highest BCUT2D eigenvalue weighted by Gasteiger charge is 2.27. The Morgan fingerprint density at radius 1 is 1.60 bits per heavy atom. The Bertz CT molecular complexity index is 323. The molecule has 1 heterocycles. The lowest BCUT2D eigenvalue weighted by Gasteiger charge is -2.12. The van der Waals surface area contributed by atoms with Gasteiger partial charge in [0.2, 0.25) is 5.88 Å². The lowest BCUT2D eigenvalue weighted by Crippen LogP contribution is -2.27. The molecule has 3 heteroatoms. The first kappa shape index (κ1) is 10.4. The summed E-state index contributed by atoms with van der Waals surface area (Å²) in [7, 11) is 1.65. The van der Waals surface area contributed by atoms with Crippen LogP contribution in [0.4, 0.5) is 0 Å². The van der Waals surface area contributed by atoms with Crippen molar-refractivity contribution < 1.29 is 4.74 Å². The van der Waals surface area contributed by atoms with Gasteiger partial charge in [0.05, 0.1) is 7.11 Å². The lowest BCUT2D eigenvalue weighted by atomic mass is 10.2. The van der Waals surface area contributed by atoms with Gasteiger partial charge in [-0.2, -0.15) is 0 Å². The molecular weight excluding hydrogens is 188 g/mol. The third-order valence-corrected chi connectivity index (χ3v) is 2.97. The van der Waals surface area contributed by atoms with E-state index < -0.39 is 0 Å². The van der Waals surface area contributed by atoms with Gasteiger partial charge in [0, 0.05) is 24.8 Å². The highest BCUT2D eigenvalue weighted by molar-refractivity contribution is 5.20. The number of ether oxygens (including phenoxy) is 1. The minimum atomic E-state index is 0.629. The molecule has 0 spiro atoms. The predicted octanol–water partition coefficient (Wildman–Crippen LogP) is 1.98. The molecule has 0 bridgehead atoms. The summed E-state index contributed by atoms with van der Waals surface area (Å²) < 4.78 is 5.08. The molecule has 0 aliphatic heterocycles. The Kier molecular flexibility index (Phi) is 3.21. The van der Waals surface area contributed by atoms with E-state index in [0.29, 0.717) is 11.9 Å². The predicted molar refractivity (Wildman–Crippen MR) is 59.8 cm³/mol. The molecule has 1 aromatic heterocycles. The summed E-state index contributed by atoms with van der Waals surface area (Å²) in [5.41, 5.74) is 1.23. The normalized spacial score (nSPS) is 17.5. The summed E-state index contributed by atoms with van der Waals surface area (Å²) in [6, 6.07) is 4.63. The van der Waals surface area contributed by atoms with E-state index in [1.165, 1.54) is 18.4 Å². The van der Waals surface area contributed by atoms with Crippen molar-refractivity contribution in [2.45, 2.75) is 32.4 Å². The molecule has 2 rings (SSSR count). The van der Waals surface area contributed by atoms with Crippen molar-refractivity contribution >= 4 is 0 Å². The number of hydrogen-bond acceptors (Lipinski definition) is 3. The van der Waals surface area contributed by atoms with Gasteiger partial charge in [-0.15, -0.1) is 0 Å². The van der Waals surface area contributed by atoms with Crippen LogP contribution in [0.25, 0.3) is 0 Å². The summed E-state index contributed by atoms with van der Waals surface area (Å²) in [6.45, 7) is 3.16. The van der Waals surface area contributed by atoms with E-state index in [-0.39, 0.29) is 0 Å². The fourth-order valence-corrected chi connectivity index (χ4v) is 1.71. The van der Waals surface area contributed by atoms with Crippen LogP contribution in [-0.2, 0) is 6.54 Å². The quantitative estimate of drug-likeness (QED) is 0.800. The molecule has 15 heavy (non-hydrogen) atoms. The molecule has 0 aromatic carbocycles. The Morgan fingerprint density at radius 3 is 3.07 bits per heavy atom. The number of rotatable bonds is 5. The van der Waals surface area contributed by atoms with Crippen LogP contribution >= 0.6 is 0 Å². The van der Waals surface area contributed by atoms with Crippen LogP contribution < -0.4 is 10.1 Å². The lowest BCUT2D eigenvalue weighted by molar-refractivity contribution is 0.396. The smallest absolute Gasteiger partial charge is 0.213 e. The zero-order valence-electron chi connectivity index (χ0n) is 9.36. The zero-order valence-corrected chi connectivity index (χ0v) is 9.36. The van der Waals surface area contributed by atoms with Crippen molar-refractivity contribution in [1.82, 2.24) is 10.3 Å². The third-order valence-electron chi connectivity index (χ3n) is 2.97. The van der Waals surface area contributed by atoms with E-state index in [2.05, 4.69) is 17.2 Å². The maximum absolute atomic E-state index is 5.08. The topological polar surface area (TPSA) is 34.1 Å². The van der Waals surface area contributed by atoms with Crippen LogP contribution in [-0.4, -0.2) is 18.1 Å². The number of methoxy groups -OCH3 is 1. The first-order chi connectivity index (χ1) is 7.29. The highest BCUT2D eigenvalue weighted by atomic mass is 16.5. The van der Waals surface area contributed by atoms with Gasteiger partial charge < -0.3 is 10.1 Å². The number of pyridine rings is 1. The van der Waals surface area contributed by atoms with Gasteiger partial charge in [-0.1, -0.05) is 0 Å². The Morgan fingerprint density at radius 2 is 2.40 bits per heavy atom. The van der Waals surface area contributed by atoms with Crippen molar-refractivity contribution in [1.29, 1.82) is 0 Å². The Labute approximate surface area is 90.9 Å². The first-order valence-electron chi connectivity index (χ1n) is 5.52. The molecule has 1 fully saturated rings. The fraction of sp³-hybridized carbons (Fsp3) is 0.583. The molecule has 1 aromatic rings.